The Bertz CT molecular complexity index is 1160. The molecule has 2 amide bonds. The minimum absolute atomic E-state index is 0.133. The fourth-order valence-corrected chi connectivity index (χ4v) is 5.54. The molecule has 2 fully saturated rings. The summed E-state index contributed by atoms with van der Waals surface area (Å²) >= 11 is 6.21. The summed E-state index contributed by atoms with van der Waals surface area (Å²) in [6.07, 6.45) is 3.18. The molecule has 3 aliphatic heterocycles. The van der Waals surface area contributed by atoms with Gasteiger partial charge in [0.1, 0.15) is 12.2 Å². The summed E-state index contributed by atoms with van der Waals surface area (Å²) in [5.41, 5.74) is 1.57. The number of ether oxygens (including phenoxy) is 2. The molecule has 7 nitrogen and oxygen atoms in total. The second-order valence-corrected chi connectivity index (χ2v) is 10.00. The molecule has 36 heavy (non-hydrogen) atoms. The van der Waals surface area contributed by atoms with Crippen LogP contribution in [0.4, 0.5) is 24.1 Å². The number of nitrogens with one attached hydrogen (secondary N) is 1. The zero-order valence-corrected chi connectivity index (χ0v) is 20.5. The van der Waals surface area contributed by atoms with Gasteiger partial charge in [0.05, 0.1) is 11.7 Å². The Labute approximate surface area is 213 Å². The second kappa shape index (κ2) is 10.2. The van der Waals surface area contributed by atoms with Gasteiger partial charge in [0.2, 0.25) is 0 Å². The van der Waals surface area contributed by atoms with E-state index in [1.807, 2.05) is 12.1 Å². The van der Waals surface area contributed by atoms with Crippen LogP contribution in [0.2, 0.25) is 5.02 Å². The maximum Gasteiger partial charge on any atom is 0.412 e. The summed E-state index contributed by atoms with van der Waals surface area (Å²) in [6, 6.07) is 8.75. The van der Waals surface area contributed by atoms with Gasteiger partial charge in [-0.25, -0.2) is 18.4 Å². The van der Waals surface area contributed by atoms with Crippen molar-refractivity contribution in [3.8, 4) is 0 Å². The SMILES string of the molecule is O=C1Nc2ccc(Cl)cc2C2(CCN(CCCCCN3C(=O)OC[C@@H]3c3ccc(F)c(F)c3)CC2)O1. The van der Waals surface area contributed by atoms with Crippen LogP contribution in [0.3, 0.4) is 0 Å². The van der Waals surface area contributed by atoms with Crippen molar-refractivity contribution in [2.24, 2.45) is 0 Å². The van der Waals surface area contributed by atoms with Gasteiger partial charge >= 0.3 is 12.2 Å². The average Bonchev–Trinajstić information content (AvgIpc) is 3.22. The van der Waals surface area contributed by atoms with E-state index in [1.54, 1.807) is 11.0 Å². The molecular weight excluding hydrogens is 492 g/mol. The number of hydrogen-bond acceptors (Lipinski definition) is 5. The molecule has 0 aromatic heterocycles. The Morgan fingerprint density at radius 1 is 1.00 bits per heavy atom. The standard InChI is InChI=1S/C26H28ClF2N3O4/c27-18-5-7-22-19(15-18)26(36-24(33)30-22)8-12-31(13-9-26)10-2-1-3-11-32-23(16-35-25(32)34)17-4-6-20(28)21(29)14-17/h4-7,14-15,23H,1-3,8-13,16H2,(H,30,33)/t23-/m1/s1. The quantitative estimate of drug-likeness (QED) is 0.466. The van der Waals surface area contributed by atoms with Gasteiger partial charge < -0.3 is 14.4 Å². The number of rotatable bonds is 7. The van der Waals surface area contributed by atoms with Crippen molar-refractivity contribution in [3.05, 3.63) is 64.2 Å². The number of hydrogen-bond donors (Lipinski definition) is 1. The minimum Gasteiger partial charge on any atom is -0.447 e. The summed E-state index contributed by atoms with van der Waals surface area (Å²) in [4.78, 5) is 28.3. The topological polar surface area (TPSA) is 71.1 Å². The highest BCUT2D eigenvalue weighted by atomic mass is 35.5. The maximum absolute atomic E-state index is 13.7. The fraction of sp³-hybridized carbons (Fsp3) is 0.462. The van der Waals surface area contributed by atoms with Gasteiger partial charge in [-0.3, -0.25) is 10.2 Å². The van der Waals surface area contributed by atoms with Gasteiger partial charge in [-0.15, -0.1) is 0 Å². The van der Waals surface area contributed by atoms with Crippen LogP contribution in [0.25, 0.3) is 0 Å². The zero-order valence-electron chi connectivity index (χ0n) is 19.8. The average molecular weight is 520 g/mol. The Kier molecular flexibility index (Phi) is 7.03. The highest BCUT2D eigenvalue weighted by molar-refractivity contribution is 6.30. The largest absolute Gasteiger partial charge is 0.447 e. The highest BCUT2D eigenvalue weighted by Gasteiger charge is 2.44. The summed E-state index contributed by atoms with van der Waals surface area (Å²) in [5.74, 6) is -1.84. The van der Waals surface area contributed by atoms with E-state index in [4.69, 9.17) is 21.1 Å². The number of carbonyl (C=O) groups is 2. The number of carbonyl (C=O) groups excluding carboxylic acids is 2. The molecule has 0 unspecified atom stereocenters. The van der Waals surface area contributed by atoms with Crippen LogP contribution < -0.4 is 5.32 Å². The van der Waals surface area contributed by atoms with Crippen LogP contribution in [0, 0.1) is 11.6 Å². The first kappa shape index (κ1) is 24.8. The van der Waals surface area contributed by atoms with E-state index in [-0.39, 0.29) is 6.61 Å². The Morgan fingerprint density at radius 3 is 2.56 bits per heavy atom. The summed E-state index contributed by atoms with van der Waals surface area (Å²) in [7, 11) is 0. The van der Waals surface area contributed by atoms with E-state index < -0.39 is 35.5 Å². The molecule has 1 N–H and O–H groups in total. The lowest BCUT2D eigenvalue weighted by Gasteiger charge is -2.44. The summed E-state index contributed by atoms with van der Waals surface area (Å²) in [5, 5.41) is 3.37. The van der Waals surface area contributed by atoms with Crippen LogP contribution in [-0.2, 0) is 15.1 Å². The van der Waals surface area contributed by atoms with E-state index in [9.17, 15) is 18.4 Å². The Morgan fingerprint density at radius 2 is 1.78 bits per heavy atom. The van der Waals surface area contributed by atoms with Crippen molar-refractivity contribution in [2.45, 2.75) is 43.7 Å². The van der Waals surface area contributed by atoms with Crippen molar-refractivity contribution < 1.29 is 27.8 Å². The number of anilines is 1. The lowest BCUT2D eigenvalue weighted by molar-refractivity contribution is -0.0380. The summed E-state index contributed by atoms with van der Waals surface area (Å²) < 4.78 is 37.9. The summed E-state index contributed by atoms with van der Waals surface area (Å²) in [6.45, 7) is 3.13. The third-order valence-corrected chi connectivity index (χ3v) is 7.57. The van der Waals surface area contributed by atoms with Crippen molar-refractivity contribution >= 4 is 29.5 Å². The lowest BCUT2D eigenvalue weighted by Crippen LogP contribution is -2.48. The van der Waals surface area contributed by atoms with E-state index in [2.05, 4.69) is 10.2 Å². The molecule has 2 aromatic rings. The molecule has 2 aromatic carbocycles. The molecule has 0 aliphatic carbocycles. The van der Waals surface area contributed by atoms with Crippen LogP contribution >= 0.6 is 11.6 Å². The molecular formula is C26H28ClF2N3O4. The van der Waals surface area contributed by atoms with Crippen molar-refractivity contribution in [3.63, 3.8) is 0 Å². The molecule has 1 atom stereocenters. The number of nitrogens with zero attached hydrogens (tertiary/aromatic N) is 2. The number of fused-ring (bicyclic) bond motifs is 2. The molecule has 0 saturated carbocycles. The number of halogens is 3. The van der Waals surface area contributed by atoms with Crippen LogP contribution in [-0.4, -0.2) is 54.8 Å². The van der Waals surface area contributed by atoms with Gasteiger partial charge in [-0.05, 0) is 55.3 Å². The third kappa shape index (κ3) is 4.99. The van der Waals surface area contributed by atoms with Crippen LogP contribution in [0.15, 0.2) is 36.4 Å². The van der Waals surface area contributed by atoms with Gasteiger partial charge in [0, 0.05) is 43.1 Å². The number of cyclic esters (lactones) is 1. The van der Waals surface area contributed by atoms with E-state index in [0.29, 0.717) is 30.0 Å². The normalized spacial score (nSPS) is 21.2. The van der Waals surface area contributed by atoms with Gasteiger partial charge in [-0.2, -0.15) is 0 Å². The van der Waals surface area contributed by atoms with Crippen molar-refractivity contribution in [1.82, 2.24) is 9.80 Å². The molecule has 192 valence electrons. The second-order valence-electron chi connectivity index (χ2n) is 9.56. The van der Waals surface area contributed by atoms with Crippen LogP contribution in [0.1, 0.15) is 49.3 Å². The monoisotopic (exact) mass is 519 g/mol. The van der Waals surface area contributed by atoms with Crippen molar-refractivity contribution in [2.75, 3.05) is 38.1 Å². The first-order chi connectivity index (χ1) is 17.3. The van der Waals surface area contributed by atoms with Gasteiger partial charge in [0.25, 0.3) is 0 Å². The molecule has 1 spiro atoms. The van der Waals surface area contributed by atoms with Gasteiger partial charge in [-0.1, -0.05) is 24.1 Å². The smallest absolute Gasteiger partial charge is 0.412 e. The Balaban J connectivity index is 1.09. The molecule has 3 heterocycles. The van der Waals surface area contributed by atoms with Crippen LogP contribution in [0.5, 0.6) is 0 Å². The van der Waals surface area contributed by atoms with E-state index in [0.717, 1.165) is 62.3 Å². The van der Waals surface area contributed by atoms with Crippen molar-refractivity contribution in [1.29, 1.82) is 0 Å². The van der Waals surface area contributed by atoms with E-state index >= 15 is 0 Å². The number of benzene rings is 2. The molecule has 3 aliphatic rings. The highest BCUT2D eigenvalue weighted by Crippen LogP contribution is 2.44. The molecule has 0 bridgehead atoms. The molecule has 5 rings (SSSR count). The third-order valence-electron chi connectivity index (χ3n) is 7.34. The fourth-order valence-electron chi connectivity index (χ4n) is 5.37. The predicted molar refractivity (Wildman–Crippen MR) is 130 cm³/mol. The zero-order chi connectivity index (χ0) is 25.3. The molecule has 2 saturated heterocycles. The Hall–Kier alpha value is -2.91. The van der Waals surface area contributed by atoms with E-state index in [1.165, 1.54) is 6.07 Å². The first-order valence-corrected chi connectivity index (χ1v) is 12.6. The number of piperidine rings is 1. The minimum atomic E-state index is -0.930. The lowest BCUT2D eigenvalue weighted by atomic mass is 9.82. The predicted octanol–water partition coefficient (Wildman–Crippen LogP) is 5.84. The van der Waals surface area contributed by atoms with Gasteiger partial charge in [0.15, 0.2) is 11.6 Å². The molecule has 0 radical (unpaired) electrons. The first-order valence-electron chi connectivity index (χ1n) is 12.3. The molecule has 10 heteroatoms. The maximum atomic E-state index is 13.7. The number of unbranched alkanes of at least 4 members (excludes halogenated alkanes) is 2. The number of amides is 2. The number of likely N-dealkylation sites (tertiary alicyclic amines) is 1.